The number of nitrogens with two attached hydrogens (primary N) is 1. The van der Waals surface area contributed by atoms with Gasteiger partial charge in [0, 0.05) is 34.6 Å². The zero-order valence-corrected chi connectivity index (χ0v) is 12.1. The van der Waals surface area contributed by atoms with Gasteiger partial charge >= 0.3 is 0 Å². The summed E-state index contributed by atoms with van der Waals surface area (Å²) in [7, 11) is -3.40. The van der Waals surface area contributed by atoms with Gasteiger partial charge in [-0.3, -0.25) is 0 Å². The van der Waals surface area contributed by atoms with Crippen LogP contribution in [0.5, 0.6) is 0 Å². The Morgan fingerprint density at radius 1 is 1.21 bits per heavy atom. The lowest BCUT2D eigenvalue weighted by Crippen LogP contribution is -2.28. The fourth-order valence-corrected chi connectivity index (χ4v) is 5.85. The van der Waals surface area contributed by atoms with E-state index in [0.29, 0.717) is 18.0 Å². The Bertz CT molecular complexity index is 701. The van der Waals surface area contributed by atoms with Crippen LogP contribution in [-0.4, -0.2) is 25.8 Å². The zero-order chi connectivity index (χ0) is 13.5. The lowest BCUT2D eigenvalue weighted by atomic mass is 10.2. The molecule has 19 heavy (non-hydrogen) atoms. The lowest BCUT2D eigenvalue weighted by Gasteiger charge is -2.16. The minimum Gasteiger partial charge on any atom is -0.326 e. The molecule has 1 saturated heterocycles. The third-order valence-corrected chi connectivity index (χ3v) is 6.82. The van der Waals surface area contributed by atoms with Crippen LogP contribution in [-0.2, 0) is 16.6 Å². The number of fused-ring (bicyclic) bond motifs is 1. The summed E-state index contributed by atoms with van der Waals surface area (Å²) in [5.41, 5.74) is 5.74. The van der Waals surface area contributed by atoms with E-state index in [1.165, 1.54) is 11.3 Å². The van der Waals surface area contributed by atoms with Gasteiger partial charge in [0.25, 0.3) is 0 Å². The molecule has 0 radical (unpaired) electrons. The monoisotopic (exact) mass is 296 g/mol. The fraction of sp³-hybridized carbons (Fsp3) is 0.385. The molecule has 0 saturated carbocycles. The van der Waals surface area contributed by atoms with Gasteiger partial charge in [-0.25, -0.2) is 8.42 Å². The third-order valence-electron chi connectivity index (χ3n) is 3.47. The molecule has 0 bridgehead atoms. The summed E-state index contributed by atoms with van der Waals surface area (Å²) in [6, 6.07) is 7.61. The van der Waals surface area contributed by atoms with E-state index in [0.717, 1.165) is 27.8 Å². The summed E-state index contributed by atoms with van der Waals surface area (Å²) in [5, 5.41) is 0.805. The van der Waals surface area contributed by atoms with Gasteiger partial charge in [-0.05, 0) is 18.9 Å². The molecule has 0 unspecified atom stereocenters. The van der Waals surface area contributed by atoms with Crippen LogP contribution in [0.2, 0.25) is 0 Å². The van der Waals surface area contributed by atoms with Crippen LogP contribution in [0.15, 0.2) is 29.2 Å². The highest BCUT2D eigenvalue weighted by molar-refractivity contribution is 7.89. The topological polar surface area (TPSA) is 63.4 Å². The van der Waals surface area contributed by atoms with Crippen molar-refractivity contribution in [1.29, 1.82) is 0 Å². The standard InChI is InChI=1S/C13H16N2O2S2/c14-9-12-13(10-5-1-2-6-11(10)18-12)19(16,17)15-7-3-4-8-15/h1-2,5-6H,3-4,7-9,14H2. The number of nitrogens with zero attached hydrogens (tertiary/aromatic N) is 1. The van der Waals surface area contributed by atoms with E-state index in [9.17, 15) is 8.42 Å². The molecule has 1 aliphatic rings. The number of sulfonamides is 1. The number of rotatable bonds is 3. The Morgan fingerprint density at radius 3 is 2.58 bits per heavy atom. The van der Waals surface area contributed by atoms with Crippen molar-refractivity contribution in [1.82, 2.24) is 4.31 Å². The van der Waals surface area contributed by atoms with Gasteiger partial charge in [0.1, 0.15) is 4.90 Å². The van der Waals surface area contributed by atoms with Crippen LogP contribution in [0.4, 0.5) is 0 Å². The van der Waals surface area contributed by atoms with Crippen molar-refractivity contribution in [2.24, 2.45) is 5.73 Å². The number of benzene rings is 1. The molecule has 1 aliphatic heterocycles. The van der Waals surface area contributed by atoms with Crippen molar-refractivity contribution in [3.8, 4) is 0 Å². The molecular weight excluding hydrogens is 280 g/mol. The second-order valence-corrected chi connectivity index (χ2v) is 7.68. The quantitative estimate of drug-likeness (QED) is 0.944. The van der Waals surface area contributed by atoms with Crippen molar-refractivity contribution in [2.75, 3.05) is 13.1 Å². The van der Waals surface area contributed by atoms with E-state index in [1.807, 2.05) is 24.3 Å². The Kier molecular flexibility index (Phi) is 3.34. The average molecular weight is 296 g/mol. The molecule has 0 aliphatic carbocycles. The van der Waals surface area contributed by atoms with Crippen LogP contribution >= 0.6 is 11.3 Å². The van der Waals surface area contributed by atoms with Gasteiger partial charge in [0.15, 0.2) is 0 Å². The molecule has 1 fully saturated rings. The second-order valence-electron chi connectivity index (χ2n) is 4.67. The minimum atomic E-state index is -3.40. The van der Waals surface area contributed by atoms with Gasteiger partial charge in [-0.1, -0.05) is 18.2 Å². The molecule has 0 amide bonds. The first-order chi connectivity index (χ1) is 9.14. The highest BCUT2D eigenvalue weighted by Gasteiger charge is 2.31. The maximum atomic E-state index is 12.8. The second kappa shape index (κ2) is 4.86. The zero-order valence-electron chi connectivity index (χ0n) is 10.5. The van der Waals surface area contributed by atoms with Crippen molar-refractivity contribution in [3.63, 3.8) is 0 Å². The van der Waals surface area contributed by atoms with E-state index in [-0.39, 0.29) is 6.54 Å². The Hall–Kier alpha value is -0.950. The molecule has 2 N–H and O–H groups in total. The van der Waals surface area contributed by atoms with Crippen molar-refractivity contribution < 1.29 is 8.42 Å². The summed E-state index contributed by atoms with van der Waals surface area (Å²) < 4.78 is 28.1. The lowest BCUT2D eigenvalue weighted by molar-refractivity contribution is 0.478. The molecule has 1 aromatic carbocycles. The highest BCUT2D eigenvalue weighted by atomic mass is 32.2. The maximum absolute atomic E-state index is 12.8. The van der Waals surface area contributed by atoms with E-state index in [4.69, 9.17) is 5.73 Å². The number of thiophene rings is 1. The van der Waals surface area contributed by atoms with Crippen LogP contribution in [0, 0.1) is 0 Å². The van der Waals surface area contributed by atoms with E-state index in [2.05, 4.69) is 0 Å². The van der Waals surface area contributed by atoms with Crippen molar-refractivity contribution >= 4 is 31.4 Å². The van der Waals surface area contributed by atoms with Gasteiger partial charge in [-0.15, -0.1) is 11.3 Å². The smallest absolute Gasteiger partial charge is 0.244 e. The van der Waals surface area contributed by atoms with Crippen molar-refractivity contribution in [3.05, 3.63) is 29.1 Å². The van der Waals surface area contributed by atoms with E-state index in [1.54, 1.807) is 4.31 Å². The summed E-state index contributed by atoms with van der Waals surface area (Å²) >= 11 is 1.48. The van der Waals surface area contributed by atoms with E-state index < -0.39 is 10.0 Å². The predicted molar refractivity (Wildman–Crippen MR) is 77.7 cm³/mol. The highest BCUT2D eigenvalue weighted by Crippen LogP contribution is 2.36. The van der Waals surface area contributed by atoms with Gasteiger partial charge in [0.2, 0.25) is 10.0 Å². The van der Waals surface area contributed by atoms with Gasteiger partial charge in [0.05, 0.1) is 0 Å². The first kappa shape index (κ1) is 13.1. The first-order valence-corrected chi connectivity index (χ1v) is 8.61. The summed E-state index contributed by atoms with van der Waals surface area (Å²) in [6.07, 6.45) is 1.89. The summed E-state index contributed by atoms with van der Waals surface area (Å²) in [6.45, 7) is 1.51. The maximum Gasteiger partial charge on any atom is 0.244 e. The molecule has 3 rings (SSSR count). The number of hydrogen-bond donors (Lipinski definition) is 1. The average Bonchev–Trinajstić information content (AvgIpc) is 3.05. The third kappa shape index (κ3) is 2.08. The van der Waals surface area contributed by atoms with Crippen LogP contribution in [0.3, 0.4) is 0 Å². The minimum absolute atomic E-state index is 0.266. The largest absolute Gasteiger partial charge is 0.326 e. The number of hydrogen-bond acceptors (Lipinski definition) is 4. The van der Waals surface area contributed by atoms with Crippen LogP contribution in [0.1, 0.15) is 17.7 Å². The Labute approximate surface area is 116 Å². The predicted octanol–water partition coefficient (Wildman–Crippen LogP) is 2.14. The SMILES string of the molecule is NCc1sc2ccccc2c1S(=O)(=O)N1CCCC1. The molecule has 0 spiro atoms. The van der Waals surface area contributed by atoms with Gasteiger partial charge < -0.3 is 5.73 Å². The van der Waals surface area contributed by atoms with Crippen LogP contribution in [0.25, 0.3) is 10.1 Å². The molecule has 2 aromatic rings. The molecular formula is C13H16N2O2S2. The Balaban J connectivity index is 2.23. The molecule has 1 aromatic heterocycles. The molecule has 2 heterocycles. The fourth-order valence-electron chi connectivity index (χ4n) is 2.55. The Morgan fingerprint density at radius 2 is 1.89 bits per heavy atom. The first-order valence-electron chi connectivity index (χ1n) is 6.35. The normalized spacial score (nSPS) is 17.3. The van der Waals surface area contributed by atoms with E-state index >= 15 is 0 Å². The molecule has 4 nitrogen and oxygen atoms in total. The molecule has 0 atom stereocenters. The summed E-state index contributed by atoms with van der Waals surface area (Å²) in [5.74, 6) is 0. The van der Waals surface area contributed by atoms with Crippen molar-refractivity contribution in [2.45, 2.75) is 24.3 Å². The van der Waals surface area contributed by atoms with Crippen LogP contribution < -0.4 is 5.73 Å². The molecule has 6 heteroatoms. The van der Waals surface area contributed by atoms with Gasteiger partial charge in [-0.2, -0.15) is 4.31 Å². The molecule has 102 valence electrons. The summed E-state index contributed by atoms with van der Waals surface area (Å²) in [4.78, 5) is 1.19.